The minimum atomic E-state index is -4.22. The summed E-state index contributed by atoms with van der Waals surface area (Å²) in [6, 6.07) is 0. The maximum Gasteiger partial charge on any atom is 0.326 e. The Kier molecular flexibility index (Phi) is 4.86. The zero-order valence-electron chi connectivity index (χ0n) is 7.69. The zero-order chi connectivity index (χ0) is 11.4. The Labute approximate surface area is 86.3 Å². The largest absolute Gasteiger partial charge is 0.465 e. The Balaban J connectivity index is 4.57. The highest BCUT2D eigenvalue weighted by atomic mass is 35.7. The molecule has 0 aliphatic rings. The van der Waals surface area contributed by atoms with Crippen molar-refractivity contribution in [2.75, 3.05) is 13.2 Å². The summed E-state index contributed by atoms with van der Waals surface area (Å²) in [6.07, 6.45) is 0. The van der Waals surface area contributed by atoms with E-state index in [4.69, 9.17) is 10.7 Å². The molecule has 0 heterocycles. The molecule has 8 heteroatoms. The monoisotopic (exact) mass is 243 g/mol. The molecule has 0 aliphatic heterocycles. The van der Waals surface area contributed by atoms with E-state index in [9.17, 15) is 18.0 Å². The van der Waals surface area contributed by atoms with Crippen molar-refractivity contribution in [3.63, 3.8) is 0 Å². The minimum absolute atomic E-state index is 0.104. The summed E-state index contributed by atoms with van der Waals surface area (Å²) >= 11 is 0. The maximum absolute atomic E-state index is 10.9. The van der Waals surface area contributed by atoms with E-state index in [1.807, 2.05) is 0 Å². The molecule has 14 heavy (non-hydrogen) atoms. The van der Waals surface area contributed by atoms with Gasteiger partial charge in [0.25, 0.3) is 0 Å². The first-order valence-corrected chi connectivity index (χ1v) is 5.94. The first kappa shape index (κ1) is 13.2. The van der Waals surface area contributed by atoms with Crippen LogP contribution in [0.25, 0.3) is 0 Å². The Morgan fingerprint density at radius 2 is 1.93 bits per heavy atom. The Morgan fingerprint density at radius 3 is 2.21 bits per heavy atom. The predicted octanol–water partition coefficient (Wildman–Crippen LogP) is -0.118. The van der Waals surface area contributed by atoms with Crippen LogP contribution in [0.15, 0.2) is 0 Å². The van der Waals surface area contributed by atoms with E-state index in [0.29, 0.717) is 0 Å². The molecule has 0 atom stereocenters. The van der Waals surface area contributed by atoms with Crippen LogP contribution in [0.3, 0.4) is 0 Å². The molecule has 0 unspecified atom stereocenters. The van der Waals surface area contributed by atoms with Gasteiger partial charge in [-0.05, 0) is 6.92 Å². The van der Waals surface area contributed by atoms with Crippen molar-refractivity contribution in [3.8, 4) is 0 Å². The molecule has 0 saturated heterocycles. The number of carbonyl (C=O) groups excluding carboxylic acids is 2. The van der Waals surface area contributed by atoms with Gasteiger partial charge in [-0.1, -0.05) is 0 Å². The summed E-state index contributed by atoms with van der Waals surface area (Å²) in [4.78, 5) is 21.7. The van der Waals surface area contributed by atoms with E-state index in [1.165, 1.54) is 0 Å². The number of ether oxygens (including phenoxy) is 1. The van der Waals surface area contributed by atoms with Crippen LogP contribution in [0.4, 0.5) is 0 Å². The lowest BCUT2D eigenvalue weighted by Crippen LogP contribution is -2.37. The molecule has 0 radical (unpaired) electrons. The van der Waals surface area contributed by atoms with Gasteiger partial charge in [-0.2, -0.15) is 8.42 Å². The molecule has 0 rings (SSSR count). The molecule has 0 N–H and O–H groups in total. The number of hydrogen-bond acceptors (Lipinski definition) is 5. The van der Waals surface area contributed by atoms with Crippen LogP contribution in [0, 0.1) is 0 Å². The standard InChI is InChI=1S/C6H10ClNO5S/c1-3-13-6(10)4-8(5(2)9)14(7,11)12/h3-4H2,1-2H3. The van der Waals surface area contributed by atoms with Gasteiger partial charge in [-0.15, -0.1) is 0 Å². The number of esters is 1. The summed E-state index contributed by atoms with van der Waals surface area (Å²) in [5.74, 6) is -1.67. The summed E-state index contributed by atoms with van der Waals surface area (Å²) in [5.41, 5.74) is 0. The average molecular weight is 244 g/mol. The van der Waals surface area contributed by atoms with E-state index in [0.717, 1.165) is 6.92 Å². The normalized spacial score (nSPS) is 10.8. The highest BCUT2D eigenvalue weighted by Gasteiger charge is 2.25. The van der Waals surface area contributed by atoms with Crippen molar-refractivity contribution in [3.05, 3.63) is 0 Å². The van der Waals surface area contributed by atoms with Gasteiger partial charge in [-0.3, -0.25) is 9.59 Å². The molecule has 0 aromatic carbocycles. The van der Waals surface area contributed by atoms with Crippen LogP contribution >= 0.6 is 10.7 Å². The van der Waals surface area contributed by atoms with Gasteiger partial charge < -0.3 is 4.74 Å². The minimum Gasteiger partial charge on any atom is -0.465 e. The van der Waals surface area contributed by atoms with Crippen LogP contribution in [0.2, 0.25) is 0 Å². The van der Waals surface area contributed by atoms with Gasteiger partial charge in [0.15, 0.2) is 0 Å². The first-order chi connectivity index (χ1) is 6.29. The topological polar surface area (TPSA) is 80.8 Å². The first-order valence-electron chi connectivity index (χ1n) is 3.67. The molecular formula is C6H10ClNO5S. The van der Waals surface area contributed by atoms with E-state index in [2.05, 4.69) is 4.74 Å². The van der Waals surface area contributed by atoms with Crippen LogP contribution in [0.5, 0.6) is 0 Å². The lowest BCUT2D eigenvalue weighted by atomic mass is 10.6. The molecule has 0 aliphatic carbocycles. The van der Waals surface area contributed by atoms with Gasteiger partial charge >= 0.3 is 15.2 Å². The highest BCUT2D eigenvalue weighted by Crippen LogP contribution is 2.06. The SMILES string of the molecule is CCOC(=O)CN(C(C)=O)S(=O)(=O)Cl. The number of amides is 1. The molecule has 1 amide bonds. The van der Waals surface area contributed by atoms with E-state index in [1.54, 1.807) is 6.92 Å². The van der Waals surface area contributed by atoms with Gasteiger partial charge in [0.2, 0.25) is 5.91 Å². The fourth-order valence-electron chi connectivity index (χ4n) is 0.666. The Morgan fingerprint density at radius 1 is 1.43 bits per heavy atom. The Bertz CT molecular complexity index is 325. The second kappa shape index (κ2) is 5.16. The lowest BCUT2D eigenvalue weighted by molar-refractivity contribution is -0.145. The second-order valence-electron chi connectivity index (χ2n) is 2.27. The molecule has 6 nitrogen and oxygen atoms in total. The molecule has 0 bridgehead atoms. The molecule has 0 spiro atoms. The van der Waals surface area contributed by atoms with Crippen LogP contribution in [-0.4, -0.2) is 37.8 Å². The van der Waals surface area contributed by atoms with E-state index >= 15 is 0 Å². The quantitative estimate of drug-likeness (QED) is 0.508. The molecule has 82 valence electrons. The molecular weight excluding hydrogens is 234 g/mol. The fraction of sp³-hybridized carbons (Fsp3) is 0.667. The third-order valence-electron chi connectivity index (χ3n) is 1.19. The number of hydrogen-bond donors (Lipinski definition) is 0. The van der Waals surface area contributed by atoms with Crippen LogP contribution < -0.4 is 0 Å². The highest BCUT2D eigenvalue weighted by molar-refractivity contribution is 8.12. The molecule has 0 aromatic heterocycles. The zero-order valence-corrected chi connectivity index (χ0v) is 9.26. The second-order valence-corrected chi connectivity index (χ2v) is 4.71. The van der Waals surface area contributed by atoms with Gasteiger partial charge in [0.1, 0.15) is 6.54 Å². The number of carbonyl (C=O) groups is 2. The fourth-order valence-corrected chi connectivity index (χ4v) is 1.67. The van der Waals surface area contributed by atoms with Crippen molar-refractivity contribution in [2.24, 2.45) is 0 Å². The van der Waals surface area contributed by atoms with Gasteiger partial charge in [-0.25, -0.2) is 4.31 Å². The van der Waals surface area contributed by atoms with Crippen molar-refractivity contribution < 1.29 is 22.7 Å². The smallest absolute Gasteiger partial charge is 0.326 e. The third-order valence-corrected chi connectivity index (χ3v) is 2.60. The summed E-state index contributed by atoms with van der Waals surface area (Å²) in [7, 11) is 0.686. The van der Waals surface area contributed by atoms with Crippen molar-refractivity contribution >= 4 is 31.8 Å². The number of nitrogens with zero attached hydrogens (tertiary/aromatic N) is 1. The summed E-state index contributed by atoms with van der Waals surface area (Å²) < 4.78 is 26.2. The van der Waals surface area contributed by atoms with Crippen molar-refractivity contribution in [1.29, 1.82) is 0 Å². The van der Waals surface area contributed by atoms with Crippen LogP contribution in [0.1, 0.15) is 13.8 Å². The number of rotatable bonds is 4. The summed E-state index contributed by atoms with van der Waals surface area (Å²) in [6.45, 7) is 1.95. The molecule has 0 saturated carbocycles. The van der Waals surface area contributed by atoms with Crippen molar-refractivity contribution in [2.45, 2.75) is 13.8 Å². The van der Waals surface area contributed by atoms with Crippen molar-refractivity contribution in [1.82, 2.24) is 4.31 Å². The molecule has 0 fully saturated rings. The maximum atomic E-state index is 10.9. The van der Waals surface area contributed by atoms with Crippen LogP contribution in [-0.2, 0) is 23.6 Å². The lowest BCUT2D eigenvalue weighted by Gasteiger charge is -2.14. The average Bonchev–Trinajstić information content (AvgIpc) is 1.98. The van der Waals surface area contributed by atoms with E-state index in [-0.39, 0.29) is 10.9 Å². The van der Waals surface area contributed by atoms with Gasteiger partial charge in [0.05, 0.1) is 6.61 Å². The van der Waals surface area contributed by atoms with E-state index < -0.39 is 27.7 Å². The number of halogens is 1. The third kappa shape index (κ3) is 4.43. The Hall–Kier alpha value is -0.820. The van der Waals surface area contributed by atoms with Gasteiger partial charge in [0, 0.05) is 17.6 Å². The summed E-state index contributed by atoms with van der Waals surface area (Å²) in [5, 5.41) is 0. The molecule has 0 aromatic rings. The predicted molar refractivity (Wildman–Crippen MR) is 48.8 cm³/mol.